The summed E-state index contributed by atoms with van der Waals surface area (Å²) in [5.41, 5.74) is 1.15. The standard InChI is InChI=1S/C41H44Cl2F2N4O6/c1-6-46-38(50)25-9-14-32(42)30(19-25)23(2)49(26-10-11-26)39(51)31-21-48(40(52)54-41(3,4)5)18-17-29(31)24-7-12-27(13-8-24)53-22-28-20-35(47-55-28)36-33(44)15-16-34(45)37(36)43/h7-9,12-16,19-20,23,26,29,31H,6,10-11,17-18,21-22H2,1-5H3,(H,46,50)/t23?,29-,31+/m1/s1. The summed E-state index contributed by atoms with van der Waals surface area (Å²) in [6, 6.07) is 15.4. The Morgan fingerprint density at radius 2 is 1.73 bits per heavy atom. The maximum absolute atomic E-state index is 14.9. The number of nitrogens with one attached hydrogen (secondary N) is 1. The van der Waals surface area contributed by atoms with Crippen molar-refractivity contribution in [3.63, 3.8) is 0 Å². The second kappa shape index (κ2) is 16.6. The molecule has 292 valence electrons. The van der Waals surface area contributed by atoms with Gasteiger partial charge in [0, 0.05) is 42.3 Å². The average molecular weight is 798 g/mol. The Labute approximate surface area is 329 Å². The van der Waals surface area contributed by atoms with E-state index in [1.54, 1.807) is 56.0 Å². The largest absolute Gasteiger partial charge is 0.486 e. The van der Waals surface area contributed by atoms with Gasteiger partial charge in [0.25, 0.3) is 5.91 Å². The quantitative estimate of drug-likeness (QED) is 0.151. The molecule has 3 aromatic carbocycles. The van der Waals surface area contributed by atoms with Gasteiger partial charge in [0.1, 0.15) is 35.3 Å². The molecule has 0 spiro atoms. The molecule has 3 amide bonds. The maximum Gasteiger partial charge on any atom is 0.410 e. The minimum absolute atomic E-state index is 0.00920. The number of aromatic nitrogens is 1. The van der Waals surface area contributed by atoms with Crippen molar-refractivity contribution in [3.05, 3.63) is 105 Å². The zero-order valence-corrected chi connectivity index (χ0v) is 32.8. The number of piperidine rings is 1. The molecule has 0 bridgehead atoms. The number of hydrogen-bond donors (Lipinski definition) is 1. The molecule has 2 heterocycles. The molecule has 1 saturated carbocycles. The number of benzene rings is 3. The molecule has 1 unspecified atom stereocenters. The van der Waals surface area contributed by atoms with Crippen LogP contribution in [-0.2, 0) is 16.1 Å². The van der Waals surface area contributed by atoms with Crippen LogP contribution in [0.3, 0.4) is 0 Å². The summed E-state index contributed by atoms with van der Waals surface area (Å²) >= 11 is 12.7. The van der Waals surface area contributed by atoms with Crippen LogP contribution in [0.5, 0.6) is 5.75 Å². The van der Waals surface area contributed by atoms with Gasteiger partial charge in [-0.25, -0.2) is 13.6 Å². The van der Waals surface area contributed by atoms with E-state index < -0.39 is 40.3 Å². The molecule has 1 aliphatic heterocycles. The van der Waals surface area contributed by atoms with Gasteiger partial charge in [-0.1, -0.05) is 40.5 Å². The van der Waals surface area contributed by atoms with Crippen molar-refractivity contribution in [1.29, 1.82) is 0 Å². The Morgan fingerprint density at radius 1 is 1.02 bits per heavy atom. The summed E-state index contributed by atoms with van der Waals surface area (Å²) in [6.07, 6.45) is 1.70. The maximum atomic E-state index is 14.9. The molecule has 10 nitrogen and oxygen atoms in total. The molecule has 2 fully saturated rings. The van der Waals surface area contributed by atoms with Crippen LogP contribution in [0.15, 0.2) is 65.2 Å². The number of rotatable bonds is 11. The monoisotopic (exact) mass is 796 g/mol. The van der Waals surface area contributed by atoms with Gasteiger partial charge in [0.15, 0.2) is 5.76 Å². The van der Waals surface area contributed by atoms with Crippen LogP contribution in [0.4, 0.5) is 13.6 Å². The van der Waals surface area contributed by atoms with E-state index in [2.05, 4.69) is 10.5 Å². The normalized spacial score (nSPS) is 17.7. The van der Waals surface area contributed by atoms with Crippen molar-refractivity contribution in [3.8, 4) is 17.0 Å². The highest BCUT2D eigenvalue weighted by Gasteiger charge is 2.45. The zero-order valence-electron chi connectivity index (χ0n) is 31.3. The fourth-order valence-electron chi connectivity index (χ4n) is 6.97. The summed E-state index contributed by atoms with van der Waals surface area (Å²) < 4.78 is 45.4. The van der Waals surface area contributed by atoms with Crippen LogP contribution in [0.2, 0.25) is 10.0 Å². The van der Waals surface area contributed by atoms with Gasteiger partial charge in [-0.3, -0.25) is 9.59 Å². The van der Waals surface area contributed by atoms with Crippen molar-refractivity contribution >= 4 is 41.1 Å². The Hall–Kier alpha value is -4.68. The van der Waals surface area contributed by atoms with E-state index >= 15 is 0 Å². The number of amides is 3. The van der Waals surface area contributed by atoms with Crippen molar-refractivity contribution in [2.45, 2.75) is 84.1 Å². The first-order valence-electron chi connectivity index (χ1n) is 18.3. The number of nitrogens with zero attached hydrogens (tertiary/aromatic N) is 3. The van der Waals surface area contributed by atoms with E-state index in [0.29, 0.717) is 41.4 Å². The minimum Gasteiger partial charge on any atom is -0.486 e. The van der Waals surface area contributed by atoms with Gasteiger partial charge >= 0.3 is 6.09 Å². The lowest BCUT2D eigenvalue weighted by atomic mass is 9.79. The Morgan fingerprint density at radius 3 is 2.40 bits per heavy atom. The molecule has 4 aromatic rings. The summed E-state index contributed by atoms with van der Waals surface area (Å²) in [5.74, 6) is -1.92. The summed E-state index contributed by atoms with van der Waals surface area (Å²) in [7, 11) is 0. The number of carbonyl (C=O) groups is 3. The number of carbonyl (C=O) groups excluding carboxylic acids is 3. The van der Waals surface area contributed by atoms with Gasteiger partial charge in [0.2, 0.25) is 5.91 Å². The molecule has 1 N–H and O–H groups in total. The Kier molecular flexibility index (Phi) is 12.1. The molecule has 3 atom stereocenters. The van der Waals surface area contributed by atoms with Crippen LogP contribution in [0.1, 0.15) is 93.1 Å². The second-order valence-corrected chi connectivity index (χ2v) is 15.7. The smallest absolute Gasteiger partial charge is 0.410 e. The van der Waals surface area contributed by atoms with Crippen molar-refractivity contribution < 1.29 is 37.2 Å². The van der Waals surface area contributed by atoms with Crippen molar-refractivity contribution in [2.24, 2.45) is 5.92 Å². The van der Waals surface area contributed by atoms with Crippen LogP contribution in [0, 0.1) is 17.6 Å². The highest BCUT2D eigenvalue weighted by Crippen LogP contribution is 2.42. The zero-order chi connectivity index (χ0) is 39.6. The van der Waals surface area contributed by atoms with Crippen molar-refractivity contribution in [2.75, 3.05) is 19.6 Å². The van der Waals surface area contributed by atoms with E-state index in [-0.39, 0.29) is 53.9 Å². The lowest BCUT2D eigenvalue weighted by molar-refractivity contribution is -0.141. The fraction of sp³-hybridized carbons (Fsp3) is 0.415. The first-order valence-corrected chi connectivity index (χ1v) is 19.1. The number of halogens is 4. The Bertz CT molecular complexity index is 2050. The molecule has 1 aromatic heterocycles. The SMILES string of the molecule is CCNC(=O)c1ccc(Cl)c(C(C)N(C(=O)[C@H]2CN(C(=O)OC(C)(C)C)CC[C@@H]2c2ccc(OCc3cc(-c4c(F)ccc(F)c4Cl)no3)cc2)C2CC2)c1. The van der Waals surface area contributed by atoms with Gasteiger partial charge in [-0.2, -0.15) is 0 Å². The van der Waals surface area contributed by atoms with Crippen LogP contribution < -0.4 is 10.1 Å². The van der Waals surface area contributed by atoms with E-state index in [1.807, 2.05) is 30.9 Å². The predicted octanol–water partition coefficient (Wildman–Crippen LogP) is 9.35. The van der Waals surface area contributed by atoms with E-state index in [9.17, 15) is 23.2 Å². The van der Waals surface area contributed by atoms with Crippen LogP contribution >= 0.6 is 23.2 Å². The molecule has 55 heavy (non-hydrogen) atoms. The average Bonchev–Trinajstić information content (AvgIpc) is 3.88. The molecule has 14 heteroatoms. The summed E-state index contributed by atoms with van der Waals surface area (Å²) in [4.78, 5) is 44.4. The predicted molar refractivity (Wildman–Crippen MR) is 204 cm³/mol. The molecule has 1 saturated heterocycles. The number of hydrogen-bond acceptors (Lipinski definition) is 7. The highest BCUT2D eigenvalue weighted by molar-refractivity contribution is 6.33. The summed E-state index contributed by atoms with van der Waals surface area (Å²) in [5, 5.41) is 6.72. The molecular weight excluding hydrogens is 753 g/mol. The molecule has 1 aliphatic carbocycles. The number of ether oxygens (including phenoxy) is 2. The van der Waals surface area contributed by atoms with Gasteiger partial charge in [-0.15, -0.1) is 0 Å². The minimum atomic E-state index is -0.777. The second-order valence-electron chi connectivity index (χ2n) is 14.9. The first kappa shape index (κ1) is 40.0. The van der Waals surface area contributed by atoms with E-state index in [4.69, 9.17) is 37.2 Å². The van der Waals surface area contributed by atoms with Crippen LogP contribution in [0.25, 0.3) is 11.3 Å². The highest BCUT2D eigenvalue weighted by atomic mass is 35.5. The third-order valence-corrected chi connectivity index (χ3v) is 10.5. The first-order chi connectivity index (χ1) is 26.1. The lowest BCUT2D eigenvalue weighted by Gasteiger charge is -2.42. The topological polar surface area (TPSA) is 114 Å². The molecule has 0 radical (unpaired) electrons. The molecule has 2 aliphatic rings. The summed E-state index contributed by atoms with van der Waals surface area (Å²) in [6.45, 7) is 10.2. The van der Waals surface area contributed by atoms with Crippen LogP contribution in [-0.4, -0.2) is 64.1 Å². The van der Waals surface area contributed by atoms with Gasteiger partial charge in [-0.05, 0) is 113 Å². The fourth-order valence-corrected chi connectivity index (χ4v) is 7.49. The van der Waals surface area contributed by atoms with Gasteiger partial charge < -0.3 is 29.1 Å². The Balaban J connectivity index is 1.23. The number of likely N-dealkylation sites (tertiary alicyclic amines) is 1. The third-order valence-electron chi connectivity index (χ3n) is 9.79. The van der Waals surface area contributed by atoms with Crippen molar-refractivity contribution in [1.82, 2.24) is 20.3 Å². The van der Waals surface area contributed by atoms with E-state index in [1.165, 1.54) is 6.07 Å². The van der Waals surface area contributed by atoms with Gasteiger partial charge in [0.05, 0.1) is 22.5 Å². The molecule has 6 rings (SSSR count). The third kappa shape index (κ3) is 9.24. The molecular formula is C41H44Cl2F2N4O6. The van der Waals surface area contributed by atoms with E-state index in [0.717, 1.165) is 30.5 Å². The lowest BCUT2D eigenvalue weighted by Crippen LogP contribution is -2.51.